The predicted molar refractivity (Wildman–Crippen MR) is 64.9 cm³/mol. The van der Waals surface area contributed by atoms with Gasteiger partial charge in [-0.25, -0.2) is 0 Å². The second-order valence-electron chi connectivity index (χ2n) is 2.87. The van der Waals surface area contributed by atoms with Crippen molar-refractivity contribution in [2.45, 2.75) is 27.1 Å². The van der Waals surface area contributed by atoms with E-state index < -0.39 is 0 Å². The Hall–Kier alpha value is 0.540. The molecule has 2 heterocycles. The van der Waals surface area contributed by atoms with Crippen LogP contribution >= 0.6 is 21.9 Å². The number of ether oxygens (including phenoxy) is 3. The third-order valence-corrected chi connectivity index (χ3v) is 3.05. The van der Waals surface area contributed by atoms with Crippen LogP contribution in [0.3, 0.4) is 0 Å². The van der Waals surface area contributed by atoms with Crippen molar-refractivity contribution < 1.29 is 18.4 Å². The fourth-order valence-electron chi connectivity index (χ4n) is 0.699. The molecule has 2 saturated heterocycles. The van der Waals surface area contributed by atoms with Crippen molar-refractivity contribution in [3.05, 3.63) is 0 Å². The van der Waals surface area contributed by atoms with Crippen molar-refractivity contribution in [3.63, 3.8) is 0 Å². The van der Waals surface area contributed by atoms with E-state index in [0.29, 0.717) is 31.4 Å². The lowest BCUT2D eigenvalue weighted by molar-refractivity contribution is 0.159. The molecule has 6 heteroatoms. The summed E-state index contributed by atoms with van der Waals surface area (Å²) in [6, 6.07) is 0. The molecule has 92 valence electrons. The molecule has 2 aliphatic heterocycles. The van der Waals surface area contributed by atoms with Gasteiger partial charge >= 0.3 is 0 Å². The van der Waals surface area contributed by atoms with Crippen LogP contribution in [0.2, 0.25) is 0 Å². The molecule has 2 fully saturated rings. The minimum absolute atomic E-state index is 0. The standard InChI is InChI=1S/C7H12O4S2.2CH4/c1(6-2-9-6)8-5-12-13-11-4-7-3-10-7;;/h6-7H,1-5H2;2*1H4. The molecule has 0 aromatic rings. The zero-order valence-corrected chi connectivity index (χ0v) is 8.77. The largest absolute Gasteiger partial charge is 0.371 e. The normalized spacial score (nSPS) is 26.4. The first kappa shape index (κ1) is 15.5. The summed E-state index contributed by atoms with van der Waals surface area (Å²) in [5.74, 6) is 0.649. The monoisotopic (exact) mass is 256 g/mol. The van der Waals surface area contributed by atoms with Crippen molar-refractivity contribution in [2.24, 2.45) is 0 Å². The molecule has 0 saturated carbocycles. The molecule has 0 bridgehead atoms. The van der Waals surface area contributed by atoms with Gasteiger partial charge in [-0.2, -0.15) is 0 Å². The van der Waals surface area contributed by atoms with Gasteiger partial charge in [-0.3, -0.25) is 0 Å². The van der Waals surface area contributed by atoms with Crippen LogP contribution in [-0.2, 0) is 18.4 Å². The third kappa shape index (κ3) is 8.36. The molecular weight excluding hydrogens is 236 g/mol. The number of rotatable bonds is 8. The molecule has 0 spiro atoms. The Labute approximate surface area is 100.0 Å². The van der Waals surface area contributed by atoms with Crippen LogP contribution in [0, 0.1) is 0 Å². The molecule has 2 atom stereocenters. The number of hydrogen-bond donors (Lipinski definition) is 0. The first-order chi connectivity index (χ1) is 6.45. The Kier molecular flexibility index (Phi) is 8.98. The second-order valence-corrected chi connectivity index (χ2v) is 4.83. The molecule has 0 amide bonds. The SMILES string of the molecule is C.C.C(OCC1CO1)SSOCC1CO1. The average molecular weight is 256 g/mol. The first-order valence-electron chi connectivity index (χ1n) is 4.17. The topological polar surface area (TPSA) is 43.5 Å². The first-order valence-corrected chi connectivity index (χ1v) is 6.41. The van der Waals surface area contributed by atoms with Gasteiger partial charge in [-0.1, -0.05) is 14.9 Å². The van der Waals surface area contributed by atoms with Crippen molar-refractivity contribution in [2.75, 3.05) is 32.4 Å². The highest BCUT2D eigenvalue weighted by Crippen LogP contribution is 2.24. The quantitative estimate of drug-likeness (QED) is 0.218. The maximum atomic E-state index is 5.29. The van der Waals surface area contributed by atoms with Gasteiger partial charge in [0.25, 0.3) is 0 Å². The van der Waals surface area contributed by atoms with Crippen LogP contribution in [0.1, 0.15) is 14.9 Å². The average Bonchev–Trinajstić information content (AvgIpc) is 2.99. The van der Waals surface area contributed by atoms with Gasteiger partial charge in [0.15, 0.2) is 0 Å². The zero-order valence-electron chi connectivity index (χ0n) is 7.14. The maximum absolute atomic E-state index is 5.29. The van der Waals surface area contributed by atoms with Crippen LogP contribution < -0.4 is 0 Å². The van der Waals surface area contributed by atoms with Gasteiger partial charge in [0.2, 0.25) is 0 Å². The molecule has 0 aromatic heterocycles. The van der Waals surface area contributed by atoms with E-state index in [0.717, 1.165) is 13.2 Å². The van der Waals surface area contributed by atoms with Gasteiger partial charge in [0.05, 0.1) is 37.5 Å². The fraction of sp³-hybridized carbons (Fsp3) is 1.00. The summed E-state index contributed by atoms with van der Waals surface area (Å²) >= 11 is 1.36. The fourth-order valence-corrected chi connectivity index (χ4v) is 1.87. The molecule has 4 nitrogen and oxygen atoms in total. The van der Waals surface area contributed by atoms with E-state index in [2.05, 4.69) is 0 Å². The van der Waals surface area contributed by atoms with Crippen LogP contribution in [-0.4, -0.2) is 44.6 Å². The van der Waals surface area contributed by atoms with Gasteiger partial charge in [0, 0.05) is 0 Å². The summed E-state index contributed by atoms with van der Waals surface area (Å²) in [5, 5.41) is 0. The predicted octanol–water partition coefficient (Wildman–Crippen LogP) is 2.34. The minimum Gasteiger partial charge on any atom is -0.371 e. The van der Waals surface area contributed by atoms with Crippen LogP contribution in [0.15, 0.2) is 0 Å². The van der Waals surface area contributed by atoms with Crippen LogP contribution in [0.5, 0.6) is 0 Å². The summed E-state index contributed by atoms with van der Waals surface area (Å²) in [6.07, 6.45) is 0.695. The lowest BCUT2D eigenvalue weighted by Crippen LogP contribution is -2.00. The zero-order chi connectivity index (χ0) is 8.93. The van der Waals surface area contributed by atoms with Crippen molar-refractivity contribution >= 4 is 21.9 Å². The Morgan fingerprint density at radius 3 is 2.27 bits per heavy atom. The lowest BCUT2D eigenvalue weighted by Gasteiger charge is -2.00. The van der Waals surface area contributed by atoms with E-state index in [4.69, 9.17) is 18.4 Å². The molecule has 2 aliphatic rings. The van der Waals surface area contributed by atoms with E-state index in [1.54, 1.807) is 10.8 Å². The summed E-state index contributed by atoms with van der Waals surface area (Å²) in [6.45, 7) is 3.09. The van der Waals surface area contributed by atoms with E-state index in [-0.39, 0.29) is 14.9 Å². The lowest BCUT2D eigenvalue weighted by atomic mass is 10.5. The van der Waals surface area contributed by atoms with E-state index >= 15 is 0 Å². The molecule has 2 rings (SSSR count). The Morgan fingerprint density at radius 2 is 1.67 bits per heavy atom. The second kappa shape index (κ2) is 8.66. The Balaban J connectivity index is 0.000000980. The smallest absolute Gasteiger partial charge is 0.106 e. The molecule has 0 aliphatic carbocycles. The summed E-state index contributed by atoms with van der Waals surface area (Å²) in [7, 11) is 1.55. The van der Waals surface area contributed by atoms with Gasteiger partial charge in [0.1, 0.15) is 18.1 Å². The highest BCUT2D eigenvalue weighted by Gasteiger charge is 2.23. The van der Waals surface area contributed by atoms with Gasteiger partial charge in [-0.15, -0.1) is 0 Å². The molecular formula is C9H20O4S2. The molecule has 0 radical (unpaired) electrons. The summed E-state index contributed by atoms with van der Waals surface area (Å²) in [4.78, 5) is 0. The highest BCUT2D eigenvalue weighted by atomic mass is 33.1. The Bertz CT molecular complexity index is 135. The summed E-state index contributed by atoms with van der Waals surface area (Å²) in [5.41, 5.74) is 0. The molecule has 2 unspecified atom stereocenters. The van der Waals surface area contributed by atoms with E-state index in [1.165, 1.54) is 11.1 Å². The van der Waals surface area contributed by atoms with Crippen molar-refractivity contribution in [1.82, 2.24) is 0 Å². The third-order valence-electron chi connectivity index (χ3n) is 1.59. The molecule has 0 aromatic carbocycles. The van der Waals surface area contributed by atoms with Crippen LogP contribution in [0.4, 0.5) is 0 Å². The van der Waals surface area contributed by atoms with Gasteiger partial charge in [-0.05, 0) is 10.8 Å². The summed E-state index contributed by atoms with van der Waals surface area (Å²) < 4.78 is 20.5. The Morgan fingerprint density at radius 1 is 1.07 bits per heavy atom. The van der Waals surface area contributed by atoms with Crippen molar-refractivity contribution in [3.8, 4) is 0 Å². The van der Waals surface area contributed by atoms with E-state index in [9.17, 15) is 0 Å². The van der Waals surface area contributed by atoms with Crippen LogP contribution in [0.25, 0.3) is 0 Å². The highest BCUT2D eigenvalue weighted by molar-refractivity contribution is 8.74. The number of hydrogen-bond acceptors (Lipinski definition) is 6. The number of epoxide rings is 2. The minimum atomic E-state index is 0. The van der Waals surface area contributed by atoms with Gasteiger partial charge < -0.3 is 18.4 Å². The van der Waals surface area contributed by atoms with E-state index in [1.807, 2.05) is 0 Å². The van der Waals surface area contributed by atoms with Crippen molar-refractivity contribution in [1.29, 1.82) is 0 Å². The maximum Gasteiger partial charge on any atom is 0.106 e. The molecule has 0 N–H and O–H groups in total. The molecule has 15 heavy (non-hydrogen) atoms.